The monoisotopic (exact) mass is 364 g/mol. The molecule has 3 aromatic heterocycles. The van der Waals surface area contributed by atoms with Crippen LogP contribution in [-0.2, 0) is 6.54 Å². The zero-order valence-corrected chi connectivity index (χ0v) is 14.3. The summed E-state index contributed by atoms with van der Waals surface area (Å²) in [5.74, 6) is -0.202. The van der Waals surface area contributed by atoms with E-state index in [4.69, 9.17) is 0 Å². The number of fused-ring (bicyclic) bond motifs is 1. The van der Waals surface area contributed by atoms with Gasteiger partial charge >= 0.3 is 5.69 Å². The molecule has 3 heterocycles. The van der Waals surface area contributed by atoms with Gasteiger partial charge in [-0.15, -0.1) is 10.2 Å². The van der Waals surface area contributed by atoms with Crippen LogP contribution in [0.1, 0.15) is 16.8 Å². The lowest BCUT2D eigenvalue weighted by atomic mass is 10.2. The molecule has 10 heteroatoms. The molecule has 0 aliphatic heterocycles. The van der Waals surface area contributed by atoms with Gasteiger partial charge in [0.2, 0.25) is 0 Å². The number of tetrazole rings is 1. The molecule has 0 radical (unpaired) electrons. The number of nitrogens with zero attached hydrogens (tertiary/aromatic N) is 7. The first-order valence-corrected chi connectivity index (χ1v) is 8.38. The Hall–Kier alpha value is -3.82. The van der Waals surface area contributed by atoms with E-state index in [1.807, 2.05) is 12.1 Å². The molecule has 0 unspecified atom stereocenters. The van der Waals surface area contributed by atoms with Gasteiger partial charge in [0, 0.05) is 24.8 Å². The summed E-state index contributed by atoms with van der Waals surface area (Å²) in [4.78, 5) is 24.5. The van der Waals surface area contributed by atoms with Gasteiger partial charge in [0.25, 0.3) is 5.91 Å². The van der Waals surface area contributed by atoms with Crippen molar-refractivity contribution >= 4 is 11.6 Å². The summed E-state index contributed by atoms with van der Waals surface area (Å²) in [6, 6.07) is 12.4. The number of rotatable bonds is 6. The van der Waals surface area contributed by atoms with Gasteiger partial charge in [-0.05, 0) is 47.2 Å². The Morgan fingerprint density at radius 3 is 2.89 bits per heavy atom. The van der Waals surface area contributed by atoms with Gasteiger partial charge in [-0.25, -0.2) is 14.2 Å². The molecular weight excluding hydrogens is 348 g/mol. The third-order valence-corrected chi connectivity index (χ3v) is 4.04. The van der Waals surface area contributed by atoms with Crippen LogP contribution in [-0.4, -0.2) is 46.8 Å². The molecule has 0 saturated heterocycles. The van der Waals surface area contributed by atoms with Crippen molar-refractivity contribution in [1.82, 2.24) is 39.7 Å². The standard InChI is InChI=1S/C17H16N8O2/c26-16(13-5-3-6-14(11-13)25-12-19-21-22-25)18-8-4-10-24-17(27)23-9-2-1-7-15(23)20-24/h1-3,5-7,9,11-12H,4,8,10H2,(H,18,26). The molecule has 4 aromatic rings. The highest BCUT2D eigenvalue weighted by Crippen LogP contribution is 2.08. The van der Waals surface area contributed by atoms with Crippen molar-refractivity contribution in [3.8, 4) is 5.69 Å². The second kappa shape index (κ2) is 7.20. The topological polar surface area (TPSA) is 112 Å². The van der Waals surface area contributed by atoms with Crippen LogP contribution in [0.2, 0.25) is 0 Å². The summed E-state index contributed by atoms with van der Waals surface area (Å²) >= 11 is 0. The van der Waals surface area contributed by atoms with E-state index in [2.05, 4.69) is 25.9 Å². The lowest BCUT2D eigenvalue weighted by Crippen LogP contribution is -2.27. The van der Waals surface area contributed by atoms with Gasteiger partial charge in [0.1, 0.15) is 6.33 Å². The first-order chi connectivity index (χ1) is 13.2. The Kier molecular flexibility index (Phi) is 4.44. The number of amides is 1. The van der Waals surface area contributed by atoms with E-state index in [1.165, 1.54) is 20.1 Å². The first kappa shape index (κ1) is 16.6. The highest BCUT2D eigenvalue weighted by molar-refractivity contribution is 5.94. The number of aryl methyl sites for hydroxylation is 1. The number of hydrogen-bond donors (Lipinski definition) is 1. The molecule has 1 N–H and O–H groups in total. The second-order valence-corrected chi connectivity index (χ2v) is 5.85. The number of hydrogen-bond acceptors (Lipinski definition) is 6. The second-order valence-electron chi connectivity index (χ2n) is 5.85. The molecule has 0 atom stereocenters. The Labute approximate surface area is 153 Å². The average molecular weight is 364 g/mol. The summed E-state index contributed by atoms with van der Waals surface area (Å²) in [6.45, 7) is 0.847. The third kappa shape index (κ3) is 3.45. The number of carbonyl (C=O) groups excluding carboxylic acids is 1. The van der Waals surface area contributed by atoms with Crippen LogP contribution in [0, 0.1) is 0 Å². The van der Waals surface area contributed by atoms with Gasteiger partial charge in [0.15, 0.2) is 5.65 Å². The van der Waals surface area contributed by atoms with Crippen molar-refractivity contribution in [3.05, 3.63) is 71.0 Å². The number of benzene rings is 1. The molecule has 0 aliphatic carbocycles. The Balaban J connectivity index is 1.35. The smallest absolute Gasteiger partial charge is 0.350 e. The van der Waals surface area contributed by atoms with E-state index in [9.17, 15) is 9.59 Å². The predicted octanol–water partition coefficient (Wildman–Crippen LogP) is 0.292. The molecule has 1 amide bonds. The fourth-order valence-electron chi connectivity index (χ4n) is 2.72. The molecule has 0 fully saturated rings. The normalized spacial score (nSPS) is 11.0. The molecular formula is C17H16N8O2. The third-order valence-electron chi connectivity index (χ3n) is 4.04. The van der Waals surface area contributed by atoms with Gasteiger partial charge in [-0.2, -0.15) is 0 Å². The predicted molar refractivity (Wildman–Crippen MR) is 95.6 cm³/mol. The van der Waals surface area contributed by atoms with E-state index < -0.39 is 0 Å². The first-order valence-electron chi connectivity index (χ1n) is 8.38. The largest absolute Gasteiger partial charge is 0.352 e. The Morgan fingerprint density at radius 2 is 2.07 bits per heavy atom. The van der Waals surface area contributed by atoms with Crippen molar-refractivity contribution in [2.75, 3.05) is 6.54 Å². The summed E-state index contributed by atoms with van der Waals surface area (Å²) in [5, 5.41) is 18.1. The zero-order chi connectivity index (χ0) is 18.6. The van der Waals surface area contributed by atoms with Crippen LogP contribution in [0.5, 0.6) is 0 Å². The SMILES string of the molecule is O=C(NCCCn1nc2ccccn2c1=O)c1cccc(-n2cnnn2)c1. The lowest BCUT2D eigenvalue weighted by Gasteiger charge is -2.06. The molecule has 136 valence electrons. The van der Waals surface area contributed by atoms with E-state index in [0.717, 1.165) is 0 Å². The van der Waals surface area contributed by atoms with Crippen LogP contribution in [0.25, 0.3) is 11.3 Å². The van der Waals surface area contributed by atoms with Crippen molar-refractivity contribution < 1.29 is 4.79 Å². The fraction of sp³-hybridized carbons (Fsp3) is 0.176. The van der Waals surface area contributed by atoms with E-state index in [-0.39, 0.29) is 11.6 Å². The molecule has 4 rings (SSSR count). The highest BCUT2D eigenvalue weighted by atomic mass is 16.2. The zero-order valence-electron chi connectivity index (χ0n) is 14.3. The molecule has 1 aromatic carbocycles. The summed E-state index contributed by atoms with van der Waals surface area (Å²) in [6.07, 6.45) is 3.73. The maximum atomic E-state index is 12.3. The van der Waals surface area contributed by atoms with Crippen LogP contribution >= 0.6 is 0 Å². The fourth-order valence-corrected chi connectivity index (χ4v) is 2.72. The van der Waals surface area contributed by atoms with Crippen LogP contribution < -0.4 is 11.0 Å². The maximum absolute atomic E-state index is 12.3. The molecule has 0 spiro atoms. The summed E-state index contributed by atoms with van der Waals surface area (Å²) in [7, 11) is 0. The van der Waals surface area contributed by atoms with Gasteiger partial charge < -0.3 is 5.32 Å². The molecule has 0 aliphatic rings. The molecule has 27 heavy (non-hydrogen) atoms. The Bertz CT molecular complexity index is 1130. The van der Waals surface area contributed by atoms with E-state index >= 15 is 0 Å². The molecule has 0 saturated carbocycles. The summed E-state index contributed by atoms with van der Waals surface area (Å²) in [5.41, 5.74) is 1.62. The van der Waals surface area contributed by atoms with Crippen molar-refractivity contribution in [1.29, 1.82) is 0 Å². The van der Waals surface area contributed by atoms with Crippen molar-refractivity contribution in [3.63, 3.8) is 0 Å². The minimum absolute atomic E-state index is 0.189. The van der Waals surface area contributed by atoms with Gasteiger partial charge in [0.05, 0.1) is 5.69 Å². The van der Waals surface area contributed by atoms with Crippen molar-refractivity contribution in [2.24, 2.45) is 0 Å². The Morgan fingerprint density at radius 1 is 1.15 bits per heavy atom. The van der Waals surface area contributed by atoms with Crippen LogP contribution in [0.4, 0.5) is 0 Å². The molecule has 10 nitrogen and oxygen atoms in total. The highest BCUT2D eigenvalue weighted by Gasteiger charge is 2.08. The lowest BCUT2D eigenvalue weighted by molar-refractivity contribution is 0.0952. The van der Waals surface area contributed by atoms with Gasteiger partial charge in [-0.1, -0.05) is 12.1 Å². The average Bonchev–Trinajstić information content (AvgIpc) is 3.34. The number of nitrogens with one attached hydrogen (secondary N) is 1. The molecule has 0 bridgehead atoms. The minimum Gasteiger partial charge on any atom is -0.352 e. The quantitative estimate of drug-likeness (QED) is 0.492. The number of carbonyl (C=O) groups is 1. The minimum atomic E-state index is -0.202. The maximum Gasteiger partial charge on any atom is 0.350 e. The summed E-state index contributed by atoms with van der Waals surface area (Å²) < 4.78 is 4.37. The van der Waals surface area contributed by atoms with Crippen LogP contribution in [0.15, 0.2) is 59.8 Å². The van der Waals surface area contributed by atoms with E-state index in [1.54, 1.807) is 36.5 Å². The number of pyridine rings is 1. The van der Waals surface area contributed by atoms with E-state index in [0.29, 0.717) is 36.4 Å². The van der Waals surface area contributed by atoms with Gasteiger partial charge in [-0.3, -0.25) is 9.20 Å². The van der Waals surface area contributed by atoms with Crippen LogP contribution in [0.3, 0.4) is 0 Å². The van der Waals surface area contributed by atoms with Crippen molar-refractivity contribution in [2.45, 2.75) is 13.0 Å². The number of aromatic nitrogens is 7.